The molecule has 0 saturated heterocycles. The summed E-state index contributed by atoms with van der Waals surface area (Å²) >= 11 is 6.78. The van der Waals surface area contributed by atoms with Crippen molar-refractivity contribution in [1.29, 1.82) is 5.26 Å². The molecule has 46 heavy (non-hydrogen) atoms. The molecule has 1 aliphatic rings. The number of hydrogen-bond acceptors (Lipinski definition) is 7. The zero-order chi connectivity index (χ0) is 32.9. The summed E-state index contributed by atoms with van der Waals surface area (Å²) in [6.45, 7) is 8.79. The Morgan fingerprint density at radius 1 is 1.11 bits per heavy atom. The second-order valence-electron chi connectivity index (χ2n) is 12.9. The largest absolute Gasteiger partial charge is 0.413 e. The molecule has 2 aromatic carbocycles. The van der Waals surface area contributed by atoms with Crippen LogP contribution in [0.15, 0.2) is 67.3 Å². The number of nitrogens with zero attached hydrogens (tertiary/aromatic N) is 6. The van der Waals surface area contributed by atoms with Gasteiger partial charge in [0.25, 0.3) is 0 Å². The first-order valence-corrected chi connectivity index (χ1v) is 15.2. The molecule has 6 rings (SSSR count). The predicted molar refractivity (Wildman–Crippen MR) is 173 cm³/mol. The van der Waals surface area contributed by atoms with Gasteiger partial charge in [0.05, 0.1) is 34.0 Å². The van der Waals surface area contributed by atoms with Crippen LogP contribution >= 0.6 is 11.6 Å². The van der Waals surface area contributed by atoms with Crippen LogP contribution in [0.25, 0.3) is 22.0 Å². The molecular weight excluding hydrogens is 613 g/mol. The van der Waals surface area contributed by atoms with Gasteiger partial charge in [-0.25, -0.2) is 4.68 Å². The first-order valence-electron chi connectivity index (χ1n) is 14.8. The van der Waals surface area contributed by atoms with Gasteiger partial charge in [0, 0.05) is 41.8 Å². The third-order valence-electron chi connectivity index (χ3n) is 8.31. The van der Waals surface area contributed by atoms with Gasteiger partial charge in [-0.05, 0) is 60.1 Å². The Balaban J connectivity index is 1.49. The topological polar surface area (TPSA) is 104 Å². The highest BCUT2D eigenvalue weighted by Crippen LogP contribution is 2.55. The van der Waals surface area contributed by atoms with Gasteiger partial charge in [-0.2, -0.15) is 18.4 Å². The lowest BCUT2D eigenvalue weighted by Crippen LogP contribution is -2.35. The second-order valence-corrected chi connectivity index (χ2v) is 13.3. The Hall–Kier alpha value is -4.69. The molecule has 5 aromatic rings. The zero-order valence-corrected chi connectivity index (χ0v) is 26.5. The summed E-state index contributed by atoms with van der Waals surface area (Å²) in [6.07, 6.45) is 1.78. The SMILES string of the molecule is Cc1c(-c2cccnc2)cccc1[C@H](Nc1cc(Cl)c2ncc(C#N)c(NCC(C)(C)C)c2c1)c1cn(C2(C(F)(F)F)CC2)nn1. The van der Waals surface area contributed by atoms with Gasteiger partial charge < -0.3 is 10.6 Å². The van der Waals surface area contributed by atoms with Gasteiger partial charge in [0.1, 0.15) is 11.8 Å². The maximum atomic E-state index is 14.0. The number of nitriles is 1. The van der Waals surface area contributed by atoms with Crippen LogP contribution in [0, 0.1) is 23.7 Å². The van der Waals surface area contributed by atoms with Crippen molar-refractivity contribution in [3.8, 4) is 17.2 Å². The number of halogens is 4. The minimum Gasteiger partial charge on any atom is -0.383 e. The van der Waals surface area contributed by atoms with Gasteiger partial charge >= 0.3 is 6.18 Å². The fraction of sp³-hybridized carbons (Fsp3) is 0.324. The highest BCUT2D eigenvalue weighted by atomic mass is 35.5. The van der Waals surface area contributed by atoms with E-state index in [1.54, 1.807) is 18.5 Å². The number of nitrogens with one attached hydrogen (secondary N) is 2. The van der Waals surface area contributed by atoms with Crippen molar-refractivity contribution in [3.63, 3.8) is 0 Å². The fourth-order valence-corrected chi connectivity index (χ4v) is 5.90. The van der Waals surface area contributed by atoms with E-state index in [-0.39, 0.29) is 18.3 Å². The summed E-state index contributed by atoms with van der Waals surface area (Å²) in [5, 5.41) is 26.0. The first-order chi connectivity index (χ1) is 21.8. The molecule has 1 fully saturated rings. The van der Waals surface area contributed by atoms with Crippen molar-refractivity contribution in [1.82, 2.24) is 25.0 Å². The zero-order valence-electron chi connectivity index (χ0n) is 25.7. The Morgan fingerprint density at radius 2 is 1.89 bits per heavy atom. The monoisotopic (exact) mass is 644 g/mol. The minimum atomic E-state index is -4.45. The van der Waals surface area contributed by atoms with E-state index in [2.05, 4.69) is 57.8 Å². The summed E-state index contributed by atoms with van der Waals surface area (Å²) in [4.78, 5) is 8.71. The minimum absolute atomic E-state index is 0.0498. The number of hydrogen-bond donors (Lipinski definition) is 2. The Kier molecular flexibility index (Phi) is 7.89. The lowest BCUT2D eigenvalue weighted by Gasteiger charge is -2.24. The summed E-state index contributed by atoms with van der Waals surface area (Å²) in [6, 6.07) is 14.6. The molecule has 0 unspecified atom stereocenters. The number of anilines is 2. The van der Waals surface area contributed by atoms with Crippen molar-refractivity contribution in [2.45, 2.75) is 58.3 Å². The molecule has 1 saturated carbocycles. The highest BCUT2D eigenvalue weighted by Gasteiger charge is 2.66. The lowest BCUT2D eigenvalue weighted by molar-refractivity contribution is -0.182. The Morgan fingerprint density at radius 3 is 2.54 bits per heavy atom. The van der Waals surface area contributed by atoms with Crippen LogP contribution in [-0.2, 0) is 5.54 Å². The van der Waals surface area contributed by atoms with Crippen molar-refractivity contribution < 1.29 is 13.2 Å². The first kappa shape index (κ1) is 31.3. The Labute approximate surface area is 269 Å². The van der Waals surface area contributed by atoms with Crippen molar-refractivity contribution >= 4 is 33.9 Å². The molecule has 0 spiro atoms. The number of rotatable bonds is 8. The highest BCUT2D eigenvalue weighted by molar-refractivity contribution is 6.35. The van der Waals surface area contributed by atoms with E-state index < -0.39 is 17.8 Å². The maximum Gasteiger partial charge on any atom is 0.413 e. The molecule has 1 aliphatic carbocycles. The third kappa shape index (κ3) is 5.85. The number of pyridine rings is 2. The van der Waals surface area contributed by atoms with Crippen molar-refractivity contribution in [2.75, 3.05) is 17.2 Å². The molecule has 1 atom stereocenters. The summed E-state index contributed by atoms with van der Waals surface area (Å²) < 4.78 is 43.1. The summed E-state index contributed by atoms with van der Waals surface area (Å²) in [7, 11) is 0. The molecule has 236 valence electrons. The van der Waals surface area contributed by atoms with Gasteiger partial charge in [-0.15, -0.1) is 5.10 Å². The summed E-state index contributed by atoms with van der Waals surface area (Å²) in [5.74, 6) is 0. The summed E-state index contributed by atoms with van der Waals surface area (Å²) in [5.41, 5.74) is 3.74. The van der Waals surface area contributed by atoms with Crippen molar-refractivity contribution in [3.05, 3.63) is 94.7 Å². The predicted octanol–water partition coefficient (Wildman–Crippen LogP) is 8.43. The number of aromatic nitrogens is 5. The number of fused-ring (bicyclic) bond motifs is 1. The van der Waals surface area contributed by atoms with Gasteiger partial charge in [-0.3, -0.25) is 9.97 Å². The third-order valence-corrected chi connectivity index (χ3v) is 8.60. The van der Waals surface area contributed by atoms with Crippen LogP contribution in [0.2, 0.25) is 5.02 Å². The number of alkyl halides is 3. The molecular formula is C34H32ClF3N8. The van der Waals surface area contributed by atoms with E-state index in [0.29, 0.717) is 45.1 Å². The lowest BCUT2D eigenvalue weighted by atomic mass is 9.92. The van der Waals surface area contributed by atoms with Crippen molar-refractivity contribution in [2.24, 2.45) is 5.41 Å². The average molecular weight is 645 g/mol. The van der Waals surface area contributed by atoms with Crippen LogP contribution in [0.1, 0.15) is 62.0 Å². The normalized spacial score (nSPS) is 14.9. The van der Waals surface area contributed by atoms with Crippen LogP contribution in [0.3, 0.4) is 0 Å². The van der Waals surface area contributed by atoms with Gasteiger partial charge in [0.15, 0.2) is 5.54 Å². The molecule has 3 aromatic heterocycles. The second kappa shape index (κ2) is 11.6. The van der Waals surface area contributed by atoms with E-state index in [4.69, 9.17) is 11.6 Å². The average Bonchev–Trinajstić information content (AvgIpc) is 3.70. The standard InChI is InChI=1S/C34H32ClF3N8/c1-20-24(21-7-6-12-40-16-21)8-5-9-25(20)31(28-18-46(45-44-28)33(10-11-33)34(36,37)38)43-23-13-26-29(42-19-32(2,3)4)22(15-39)17-41-30(26)27(35)14-23/h5-9,12-14,16-18,31,43H,10-11,19H2,1-4H3,(H,41,42)/t31-/m0/s1. The molecule has 0 amide bonds. The molecule has 3 heterocycles. The van der Waals surface area contributed by atoms with Gasteiger partial charge in [0.2, 0.25) is 0 Å². The van der Waals surface area contributed by atoms with E-state index >= 15 is 0 Å². The van der Waals surface area contributed by atoms with E-state index in [1.807, 2.05) is 43.3 Å². The van der Waals surface area contributed by atoms with E-state index in [1.165, 1.54) is 12.4 Å². The van der Waals surface area contributed by atoms with Crippen LogP contribution in [0.5, 0.6) is 0 Å². The van der Waals surface area contributed by atoms with E-state index in [9.17, 15) is 18.4 Å². The quantitative estimate of drug-likeness (QED) is 0.175. The number of benzene rings is 2. The molecule has 0 radical (unpaired) electrons. The molecule has 12 heteroatoms. The molecule has 8 nitrogen and oxygen atoms in total. The molecule has 0 aliphatic heterocycles. The van der Waals surface area contributed by atoms with Crippen LogP contribution in [0.4, 0.5) is 24.5 Å². The van der Waals surface area contributed by atoms with E-state index in [0.717, 1.165) is 26.9 Å². The smallest absolute Gasteiger partial charge is 0.383 e. The van der Waals surface area contributed by atoms with Gasteiger partial charge in [-0.1, -0.05) is 61.9 Å². The molecule has 0 bridgehead atoms. The van der Waals surface area contributed by atoms with Crippen LogP contribution in [-0.4, -0.2) is 37.7 Å². The fourth-order valence-electron chi connectivity index (χ4n) is 5.63. The Bertz CT molecular complexity index is 1950. The molecule has 2 N–H and O–H groups in total. The van der Waals surface area contributed by atoms with Crippen LogP contribution < -0.4 is 10.6 Å². The maximum absolute atomic E-state index is 14.0.